The first-order valence-corrected chi connectivity index (χ1v) is 8.31. The van der Waals surface area contributed by atoms with Gasteiger partial charge < -0.3 is 9.47 Å². The molecule has 2 aromatic rings. The second kappa shape index (κ2) is 9.52. The van der Waals surface area contributed by atoms with Crippen molar-refractivity contribution in [3.63, 3.8) is 0 Å². The third-order valence-corrected chi connectivity index (χ3v) is 3.42. The number of alkyl halides is 6. The van der Waals surface area contributed by atoms with Crippen LogP contribution < -0.4 is 19.7 Å². The Hall–Kier alpha value is -3.85. The molecule has 2 rings (SSSR count). The Kier molecular flexibility index (Phi) is 7.27. The quantitative estimate of drug-likeness (QED) is 0.371. The third-order valence-electron chi connectivity index (χ3n) is 3.42. The molecule has 0 aliphatic rings. The Labute approximate surface area is 174 Å². The van der Waals surface area contributed by atoms with Crippen LogP contribution in [0.3, 0.4) is 0 Å². The van der Waals surface area contributed by atoms with Crippen molar-refractivity contribution in [2.45, 2.75) is 12.4 Å². The minimum atomic E-state index is -4.77. The number of hydrogen-bond donors (Lipinski definition) is 1. The third kappa shape index (κ3) is 7.77. The number of halogens is 6. The average Bonchev–Trinajstić information content (AvgIpc) is 2.69. The molecule has 0 spiro atoms. The van der Waals surface area contributed by atoms with Gasteiger partial charge in [0.05, 0.1) is 11.0 Å². The van der Waals surface area contributed by atoms with Gasteiger partial charge in [-0.15, -0.1) is 0 Å². The van der Waals surface area contributed by atoms with E-state index in [9.17, 15) is 41.3 Å². The summed E-state index contributed by atoms with van der Waals surface area (Å²) in [6, 6.07) is 4.33. The van der Waals surface area contributed by atoms with Crippen molar-refractivity contribution in [3.05, 3.63) is 40.4 Å². The lowest BCUT2D eigenvalue weighted by Crippen LogP contribution is -2.32. The zero-order valence-corrected chi connectivity index (χ0v) is 15.9. The lowest BCUT2D eigenvalue weighted by Gasteiger charge is -2.18. The molecule has 1 heterocycles. The number of benzene rings is 1. The summed E-state index contributed by atoms with van der Waals surface area (Å²) in [5.41, 5.74) is -0.0713. The van der Waals surface area contributed by atoms with Crippen LogP contribution in [-0.2, 0) is 0 Å². The maximum absolute atomic E-state index is 12.4. The van der Waals surface area contributed by atoms with Crippen LogP contribution in [0.25, 0.3) is 0 Å². The highest BCUT2D eigenvalue weighted by Crippen LogP contribution is 2.24. The summed E-state index contributed by atoms with van der Waals surface area (Å²) < 4.78 is 82.9. The molecule has 0 saturated carbocycles. The highest BCUT2D eigenvalue weighted by Gasteiger charge is 2.30. The van der Waals surface area contributed by atoms with E-state index in [1.165, 1.54) is 19.2 Å². The van der Waals surface area contributed by atoms with Crippen molar-refractivity contribution >= 4 is 23.4 Å². The summed E-state index contributed by atoms with van der Waals surface area (Å²) in [5, 5.41) is 12.7. The number of nitro groups is 1. The van der Waals surface area contributed by atoms with E-state index in [1.54, 1.807) is 0 Å². The molecule has 0 aliphatic carbocycles. The summed E-state index contributed by atoms with van der Waals surface area (Å²) in [5.74, 6) is -2.31. The summed E-state index contributed by atoms with van der Waals surface area (Å²) in [4.78, 5) is 30.3. The molecule has 16 heteroatoms. The van der Waals surface area contributed by atoms with E-state index in [-0.39, 0.29) is 11.4 Å². The van der Waals surface area contributed by atoms with Crippen LogP contribution in [0.5, 0.6) is 11.8 Å². The van der Waals surface area contributed by atoms with Crippen LogP contribution in [0.2, 0.25) is 0 Å². The number of nitrogens with one attached hydrogen (secondary N) is 1. The fourth-order valence-electron chi connectivity index (χ4n) is 2.01. The number of ether oxygens (including phenoxy) is 2. The van der Waals surface area contributed by atoms with Crippen molar-refractivity contribution in [2.24, 2.45) is 0 Å². The normalized spacial score (nSPS) is 11.6. The molecule has 1 aromatic carbocycles. The van der Waals surface area contributed by atoms with Crippen LogP contribution in [0.1, 0.15) is 0 Å². The number of urea groups is 1. The minimum absolute atomic E-state index is 0.172. The van der Waals surface area contributed by atoms with Gasteiger partial charge in [-0.25, -0.2) is 4.79 Å². The number of carbonyl (C=O) groups is 1. The van der Waals surface area contributed by atoms with Crippen LogP contribution in [0, 0.1) is 10.1 Å². The number of hydrogen-bond acceptors (Lipinski definition) is 7. The van der Waals surface area contributed by atoms with E-state index >= 15 is 0 Å². The summed E-state index contributed by atoms with van der Waals surface area (Å²) >= 11 is 0. The molecule has 0 bridgehead atoms. The maximum atomic E-state index is 12.4. The fraction of sp³-hybridized carbons (Fsp3) is 0.312. The van der Waals surface area contributed by atoms with Gasteiger partial charge in [0.1, 0.15) is 0 Å². The van der Waals surface area contributed by atoms with Gasteiger partial charge in [-0.1, -0.05) is 0 Å². The van der Waals surface area contributed by atoms with Gasteiger partial charge in [-0.05, 0) is 12.1 Å². The zero-order valence-electron chi connectivity index (χ0n) is 15.9. The van der Waals surface area contributed by atoms with Crippen molar-refractivity contribution in [1.29, 1.82) is 0 Å². The molecule has 0 unspecified atom stereocenters. The van der Waals surface area contributed by atoms with Crippen molar-refractivity contribution in [2.75, 3.05) is 30.5 Å². The maximum Gasteiger partial charge on any atom is 0.422 e. The molecule has 0 saturated heterocycles. The van der Waals surface area contributed by atoms with Gasteiger partial charge in [0.15, 0.2) is 13.2 Å². The van der Waals surface area contributed by atoms with Crippen LogP contribution in [0.15, 0.2) is 30.3 Å². The Morgan fingerprint density at radius 1 is 1.03 bits per heavy atom. The molecule has 0 radical (unpaired) electrons. The average molecular weight is 469 g/mol. The largest absolute Gasteiger partial charge is 0.468 e. The molecule has 2 amide bonds. The minimum Gasteiger partial charge on any atom is -0.468 e. The predicted molar refractivity (Wildman–Crippen MR) is 95.7 cm³/mol. The Balaban J connectivity index is 2.21. The number of carbonyl (C=O) groups excluding carboxylic acids is 1. The monoisotopic (exact) mass is 469 g/mol. The van der Waals surface area contributed by atoms with Crippen LogP contribution in [0.4, 0.5) is 48.5 Å². The number of aromatic nitrogens is 2. The number of nitro benzene ring substituents is 1. The SMILES string of the molecule is CN(C(=O)Nc1nc(OCC(F)(F)F)cc(OCC(F)(F)F)n1)c1ccc([N+](=O)[O-])cc1. The van der Waals surface area contributed by atoms with E-state index < -0.39 is 54.2 Å². The summed E-state index contributed by atoms with van der Waals surface area (Å²) in [7, 11) is 1.24. The predicted octanol–water partition coefficient (Wildman–Crippen LogP) is 3.94. The Bertz CT molecular complexity index is 931. The molecular formula is C16H13F6N5O5. The van der Waals surface area contributed by atoms with Crippen molar-refractivity contribution in [3.8, 4) is 11.8 Å². The Morgan fingerprint density at radius 3 is 1.91 bits per heavy atom. The van der Waals surface area contributed by atoms with Gasteiger partial charge in [0.25, 0.3) is 5.69 Å². The molecule has 0 aliphatic heterocycles. The molecule has 0 fully saturated rings. The standard InChI is InChI=1S/C16H13F6N5O5/c1-26(9-2-4-10(5-3-9)27(29)30)14(28)25-13-23-11(31-7-15(17,18)19)6-12(24-13)32-8-16(20,21)22/h2-6H,7-8H2,1H3,(H,23,24,25,28). The van der Waals surface area contributed by atoms with E-state index in [2.05, 4.69) is 24.8 Å². The first kappa shape index (κ1) is 24.4. The first-order chi connectivity index (χ1) is 14.7. The van der Waals surface area contributed by atoms with Gasteiger partial charge in [-0.2, -0.15) is 36.3 Å². The van der Waals surface area contributed by atoms with Gasteiger partial charge in [0.2, 0.25) is 17.7 Å². The summed E-state index contributed by atoms with van der Waals surface area (Å²) in [6.45, 7) is -3.61. The van der Waals surface area contributed by atoms with Gasteiger partial charge in [-0.3, -0.25) is 20.3 Å². The fourth-order valence-corrected chi connectivity index (χ4v) is 2.01. The molecule has 32 heavy (non-hydrogen) atoms. The molecule has 0 atom stereocenters. The zero-order chi connectivity index (χ0) is 24.1. The van der Waals surface area contributed by atoms with Crippen molar-refractivity contribution < 1.29 is 45.5 Å². The van der Waals surface area contributed by atoms with Crippen molar-refractivity contribution in [1.82, 2.24) is 9.97 Å². The molecular weight excluding hydrogens is 456 g/mol. The highest BCUT2D eigenvalue weighted by atomic mass is 19.4. The summed E-state index contributed by atoms with van der Waals surface area (Å²) in [6.07, 6.45) is -9.53. The molecule has 1 N–H and O–H groups in total. The molecule has 10 nitrogen and oxygen atoms in total. The Morgan fingerprint density at radius 2 is 1.50 bits per heavy atom. The van der Waals surface area contributed by atoms with E-state index in [1.807, 2.05) is 0 Å². The number of anilines is 2. The second-order valence-electron chi connectivity index (χ2n) is 5.94. The van der Waals surface area contributed by atoms with Gasteiger partial charge in [0, 0.05) is 24.9 Å². The number of amides is 2. The number of nitrogens with zero attached hydrogens (tertiary/aromatic N) is 4. The van der Waals surface area contributed by atoms with E-state index in [4.69, 9.17) is 0 Å². The number of rotatable bonds is 7. The second-order valence-corrected chi connectivity index (χ2v) is 5.94. The lowest BCUT2D eigenvalue weighted by atomic mass is 10.3. The van der Waals surface area contributed by atoms with E-state index in [0.29, 0.717) is 6.07 Å². The van der Waals surface area contributed by atoms with Gasteiger partial charge >= 0.3 is 18.4 Å². The number of non-ortho nitro benzene ring substituents is 1. The van der Waals surface area contributed by atoms with Crippen LogP contribution in [-0.4, -0.2) is 53.5 Å². The first-order valence-electron chi connectivity index (χ1n) is 8.31. The topological polar surface area (TPSA) is 120 Å². The molecule has 174 valence electrons. The molecule has 1 aromatic heterocycles. The van der Waals surface area contributed by atoms with Crippen LogP contribution >= 0.6 is 0 Å². The highest BCUT2D eigenvalue weighted by molar-refractivity contribution is 6.00. The smallest absolute Gasteiger partial charge is 0.422 e. The lowest BCUT2D eigenvalue weighted by molar-refractivity contribution is -0.384. The van der Waals surface area contributed by atoms with E-state index in [0.717, 1.165) is 17.0 Å².